The lowest BCUT2D eigenvalue weighted by Crippen LogP contribution is -2.32. The minimum Gasteiger partial charge on any atom is -0.451 e. The summed E-state index contributed by atoms with van der Waals surface area (Å²) in [6, 6.07) is 12.1. The molecule has 1 amide bonds. The second-order valence-electron chi connectivity index (χ2n) is 5.92. The molecule has 10 heteroatoms. The summed E-state index contributed by atoms with van der Waals surface area (Å²) in [6.45, 7) is -2.22. The zero-order valence-corrected chi connectivity index (χ0v) is 15.1. The number of ether oxygens (including phenoxy) is 2. The van der Waals surface area contributed by atoms with Crippen molar-refractivity contribution in [2.24, 2.45) is 0 Å². The van der Waals surface area contributed by atoms with Crippen LogP contribution in [-0.4, -0.2) is 29.2 Å². The number of anilines is 1. The number of nitrogens with one attached hydrogen (secondary N) is 1. The van der Waals surface area contributed by atoms with E-state index in [0.717, 1.165) is 4.57 Å². The molecule has 0 fully saturated rings. The third-order valence-corrected chi connectivity index (χ3v) is 3.90. The summed E-state index contributed by atoms with van der Waals surface area (Å²) in [5.74, 6) is -2.57. The van der Waals surface area contributed by atoms with Gasteiger partial charge in [-0.2, -0.15) is 8.78 Å². The lowest BCUT2D eigenvalue weighted by atomic mass is 10.2. The van der Waals surface area contributed by atoms with Crippen molar-refractivity contribution in [2.45, 2.75) is 26.2 Å². The number of carbonyl (C=O) groups excluding carboxylic acids is 2. The molecule has 152 valence electrons. The van der Waals surface area contributed by atoms with E-state index in [2.05, 4.69) is 10.1 Å². The van der Waals surface area contributed by atoms with Gasteiger partial charge in [0.25, 0.3) is 5.91 Å². The second-order valence-corrected chi connectivity index (χ2v) is 5.92. The highest BCUT2D eigenvalue weighted by molar-refractivity contribution is 5.96. The van der Waals surface area contributed by atoms with Crippen molar-refractivity contribution in [1.29, 1.82) is 0 Å². The number of hydrogen-bond acceptors (Lipinski definition) is 6. The minimum absolute atomic E-state index is 0.00209. The lowest BCUT2D eigenvalue weighted by Gasteiger charge is -2.15. The van der Waals surface area contributed by atoms with Crippen LogP contribution in [0.2, 0.25) is 0 Å². The minimum atomic E-state index is -3.06. The first kappa shape index (κ1) is 20.1. The molecular weight excluding hydrogens is 390 g/mol. The first-order valence-corrected chi connectivity index (χ1v) is 8.47. The highest BCUT2D eigenvalue weighted by atomic mass is 19.3. The van der Waals surface area contributed by atoms with Gasteiger partial charge in [0.2, 0.25) is 0 Å². The number of amides is 1. The number of nitrogens with zero attached hydrogens (tertiary/aromatic N) is 1. The fourth-order valence-electron chi connectivity index (χ4n) is 2.58. The predicted molar refractivity (Wildman–Crippen MR) is 97.7 cm³/mol. The Balaban J connectivity index is 1.65. The first-order valence-electron chi connectivity index (χ1n) is 8.47. The van der Waals surface area contributed by atoms with Crippen LogP contribution in [0.1, 0.15) is 6.92 Å². The molecule has 0 spiro atoms. The average Bonchev–Trinajstić information content (AvgIpc) is 2.98. The van der Waals surface area contributed by atoms with Crippen molar-refractivity contribution in [3.8, 4) is 5.75 Å². The molecule has 0 radical (unpaired) electrons. The summed E-state index contributed by atoms with van der Waals surface area (Å²) in [6.07, 6.45) is -1.25. The quantitative estimate of drug-likeness (QED) is 0.606. The van der Waals surface area contributed by atoms with Gasteiger partial charge >= 0.3 is 18.3 Å². The van der Waals surface area contributed by atoms with Gasteiger partial charge in [-0.15, -0.1) is 0 Å². The van der Waals surface area contributed by atoms with E-state index in [1.54, 1.807) is 24.3 Å². The van der Waals surface area contributed by atoms with Crippen molar-refractivity contribution < 1.29 is 32.3 Å². The largest absolute Gasteiger partial charge is 0.451 e. The van der Waals surface area contributed by atoms with Crippen LogP contribution in [0.4, 0.5) is 14.5 Å². The zero-order valence-electron chi connectivity index (χ0n) is 15.1. The molecule has 1 unspecified atom stereocenters. The van der Waals surface area contributed by atoms with Gasteiger partial charge in [-0.3, -0.25) is 14.2 Å². The van der Waals surface area contributed by atoms with Crippen LogP contribution in [-0.2, 0) is 20.9 Å². The molecule has 0 aliphatic heterocycles. The Labute approximate surface area is 162 Å². The first-order chi connectivity index (χ1) is 13.8. The van der Waals surface area contributed by atoms with Crippen molar-refractivity contribution in [3.63, 3.8) is 0 Å². The number of fused-ring (bicyclic) bond motifs is 1. The van der Waals surface area contributed by atoms with Gasteiger partial charge in [0, 0.05) is 0 Å². The Hall–Kier alpha value is -3.69. The zero-order chi connectivity index (χ0) is 21.0. The molecule has 29 heavy (non-hydrogen) atoms. The topological polar surface area (TPSA) is 99.8 Å². The number of para-hydroxylation sites is 4. The summed E-state index contributed by atoms with van der Waals surface area (Å²) in [4.78, 5) is 36.3. The van der Waals surface area contributed by atoms with Gasteiger partial charge in [-0.1, -0.05) is 24.3 Å². The van der Waals surface area contributed by atoms with Crippen molar-refractivity contribution in [1.82, 2.24) is 4.57 Å². The maximum Gasteiger partial charge on any atom is 0.420 e. The summed E-state index contributed by atoms with van der Waals surface area (Å²) in [7, 11) is 0. The molecule has 8 nitrogen and oxygen atoms in total. The number of carbonyl (C=O) groups is 2. The molecule has 0 bridgehead atoms. The number of benzene rings is 2. The van der Waals surface area contributed by atoms with Crippen LogP contribution in [0.5, 0.6) is 5.75 Å². The Kier molecular flexibility index (Phi) is 5.91. The molecule has 0 aliphatic carbocycles. The fourth-order valence-corrected chi connectivity index (χ4v) is 2.58. The van der Waals surface area contributed by atoms with Crippen molar-refractivity contribution in [3.05, 3.63) is 59.1 Å². The van der Waals surface area contributed by atoms with E-state index in [0.29, 0.717) is 11.1 Å². The van der Waals surface area contributed by atoms with Gasteiger partial charge < -0.3 is 19.2 Å². The molecule has 0 saturated carbocycles. The summed E-state index contributed by atoms with van der Waals surface area (Å²) >= 11 is 0. The van der Waals surface area contributed by atoms with Gasteiger partial charge in [0.1, 0.15) is 12.3 Å². The third-order valence-electron chi connectivity index (χ3n) is 3.90. The Morgan fingerprint density at radius 1 is 1.14 bits per heavy atom. The molecule has 0 saturated heterocycles. The van der Waals surface area contributed by atoms with Gasteiger partial charge in [-0.05, 0) is 31.2 Å². The smallest absolute Gasteiger partial charge is 0.420 e. The molecule has 1 N–H and O–H groups in total. The Morgan fingerprint density at radius 3 is 2.59 bits per heavy atom. The van der Waals surface area contributed by atoms with E-state index < -0.39 is 36.9 Å². The van der Waals surface area contributed by atoms with E-state index in [-0.39, 0.29) is 11.4 Å². The van der Waals surface area contributed by atoms with E-state index in [1.807, 2.05) is 0 Å². The van der Waals surface area contributed by atoms with Crippen LogP contribution < -0.4 is 15.8 Å². The number of rotatable bonds is 7. The van der Waals surface area contributed by atoms with Gasteiger partial charge in [0.05, 0.1) is 11.2 Å². The van der Waals surface area contributed by atoms with E-state index >= 15 is 0 Å². The fraction of sp³-hybridized carbons (Fsp3) is 0.211. The van der Waals surface area contributed by atoms with Gasteiger partial charge in [-0.25, -0.2) is 4.79 Å². The normalized spacial score (nSPS) is 12.0. The van der Waals surface area contributed by atoms with Crippen LogP contribution in [0.25, 0.3) is 11.1 Å². The van der Waals surface area contributed by atoms with E-state index in [9.17, 15) is 23.2 Å². The molecular formula is C19H16F2N2O6. The van der Waals surface area contributed by atoms with Crippen LogP contribution >= 0.6 is 0 Å². The number of alkyl halides is 2. The van der Waals surface area contributed by atoms with Crippen molar-refractivity contribution in [2.75, 3.05) is 5.32 Å². The molecule has 1 aromatic heterocycles. The molecule has 1 heterocycles. The van der Waals surface area contributed by atoms with E-state index in [4.69, 9.17) is 9.15 Å². The standard InChI is InChI=1S/C19H16F2N2O6/c1-11(17(25)22-12-6-2-4-8-14(12)28-18(20)21)27-16(24)10-23-13-7-3-5-9-15(13)29-19(23)26/h2-9,11,18H,10H2,1H3,(H,22,25). The number of oxazole rings is 1. The highest BCUT2D eigenvalue weighted by Crippen LogP contribution is 2.25. The highest BCUT2D eigenvalue weighted by Gasteiger charge is 2.21. The molecule has 2 aromatic carbocycles. The molecule has 3 rings (SSSR count). The van der Waals surface area contributed by atoms with Crippen LogP contribution in [0.15, 0.2) is 57.7 Å². The maximum absolute atomic E-state index is 12.5. The average molecular weight is 406 g/mol. The van der Waals surface area contributed by atoms with Crippen LogP contribution in [0, 0.1) is 0 Å². The predicted octanol–water partition coefficient (Wildman–Crippen LogP) is 2.77. The number of hydrogen-bond donors (Lipinski definition) is 1. The number of aromatic nitrogens is 1. The summed E-state index contributed by atoms with van der Waals surface area (Å²) < 4.78 is 40.4. The molecule has 1 atom stereocenters. The lowest BCUT2D eigenvalue weighted by molar-refractivity contribution is -0.153. The Bertz CT molecular complexity index is 1090. The molecule has 0 aliphatic rings. The van der Waals surface area contributed by atoms with E-state index in [1.165, 1.54) is 31.2 Å². The Morgan fingerprint density at radius 2 is 1.83 bits per heavy atom. The third kappa shape index (κ3) is 4.78. The maximum atomic E-state index is 12.5. The van der Waals surface area contributed by atoms with Gasteiger partial charge in [0.15, 0.2) is 11.7 Å². The molecule has 3 aromatic rings. The SMILES string of the molecule is CC(OC(=O)Cn1c(=O)oc2ccccc21)C(=O)Nc1ccccc1OC(F)F. The summed E-state index contributed by atoms with van der Waals surface area (Å²) in [5.41, 5.74) is 0.717. The van der Waals surface area contributed by atoms with Crippen molar-refractivity contribution >= 4 is 28.7 Å². The monoisotopic (exact) mass is 406 g/mol. The van der Waals surface area contributed by atoms with Crippen LogP contribution in [0.3, 0.4) is 0 Å². The number of halogens is 2. The summed E-state index contributed by atoms with van der Waals surface area (Å²) in [5, 5.41) is 2.36. The second kappa shape index (κ2) is 8.55. The number of esters is 1.